The van der Waals surface area contributed by atoms with Gasteiger partial charge in [-0.25, -0.2) is 4.98 Å². The number of rotatable bonds is 7. The van der Waals surface area contributed by atoms with Crippen molar-refractivity contribution in [2.45, 2.75) is 57.9 Å². The second-order valence-corrected chi connectivity index (χ2v) is 9.50. The monoisotopic (exact) mass is 506 g/mol. The van der Waals surface area contributed by atoms with Crippen LogP contribution >= 0.6 is 23.1 Å². The van der Waals surface area contributed by atoms with Gasteiger partial charge in [-0.05, 0) is 44.5 Å². The number of alkyl halides is 3. The number of hydrogen-bond donors (Lipinski definition) is 1. The fourth-order valence-corrected chi connectivity index (χ4v) is 5.34. The van der Waals surface area contributed by atoms with E-state index in [2.05, 4.69) is 16.6 Å². The Morgan fingerprint density at radius 2 is 1.76 bits per heavy atom. The van der Waals surface area contributed by atoms with Crippen LogP contribution in [0.2, 0.25) is 0 Å². The number of allylic oxidation sites excluding steroid dienone is 1. The normalized spacial score (nSPS) is 11.7. The smallest absolute Gasteiger partial charge is 0.416 e. The average Bonchev–Trinajstić information content (AvgIpc) is 3.15. The summed E-state index contributed by atoms with van der Waals surface area (Å²) >= 11 is 3.12. The van der Waals surface area contributed by atoms with Gasteiger partial charge in [0.15, 0.2) is 0 Å². The van der Waals surface area contributed by atoms with Crippen LogP contribution in [0.25, 0.3) is 10.6 Å². The van der Waals surface area contributed by atoms with Gasteiger partial charge in [0.25, 0.3) is 0 Å². The Morgan fingerprint density at radius 3 is 2.35 bits per heavy atom. The molecular formula is C26H29F3N2OS2. The highest BCUT2D eigenvalue weighted by molar-refractivity contribution is 7.98. The van der Waals surface area contributed by atoms with E-state index in [1.807, 2.05) is 52.8 Å². The fourth-order valence-electron chi connectivity index (χ4n) is 3.05. The Bertz CT molecular complexity index is 1150. The molecule has 0 aliphatic rings. The third kappa shape index (κ3) is 7.46. The van der Waals surface area contributed by atoms with E-state index in [0.29, 0.717) is 22.7 Å². The summed E-state index contributed by atoms with van der Waals surface area (Å²) in [5, 5.41) is 10.1. The summed E-state index contributed by atoms with van der Waals surface area (Å²) in [6.45, 7) is 13.3. The Balaban J connectivity index is 0.00000199. The van der Waals surface area contributed by atoms with E-state index >= 15 is 0 Å². The lowest BCUT2D eigenvalue weighted by molar-refractivity contribution is -0.137. The van der Waals surface area contributed by atoms with Crippen molar-refractivity contribution in [1.29, 1.82) is 0 Å². The third-order valence-electron chi connectivity index (χ3n) is 4.67. The number of nitrogens with zero attached hydrogens (tertiary/aromatic N) is 2. The van der Waals surface area contributed by atoms with Crippen LogP contribution in [0.15, 0.2) is 64.7 Å². The number of aliphatic imine (C=N–C) groups is 1. The van der Waals surface area contributed by atoms with Crippen LogP contribution in [0.5, 0.6) is 0 Å². The molecule has 182 valence electrons. The molecule has 0 amide bonds. The van der Waals surface area contributed by atoms with E-state index in [9.17, 15) is 18.3 Å². The van der Waals surface area contributed by atoms with Crippen LogP contribution in [0.1, 0.15) is 48.9 Å². The standard InChI is InChI=1S/C24H23F3N2OS2.C2H6/c1-14-6-5-7-20(22(14)28-15(2)12-16(3)30)31-13-21-17(4)29-23(32-21)18-8-10-19(11-9-18)24(25,26)27;1-2/h5-11,30H,3,12-13H2,1-2,4H3;1-2H3. The molecule has 0 spiro atoms. The molecule has 1 aromatic heterocycles. The maximum Gasteiger partial charge on any atom is 0.416 e. The van der Waals surface area contributed by atoms with Crippen LogP contribution in [0.4, 0.5) is 18.9 Å². The summed E-state index contributed by atoms with van der Waals surface area (Å²) in [6, 6.07) is 11.1. The first-order valence-electron chi connectivity index (χ1n) is 10.8. The molecule has 8 heteroatoms. The quantitative estimate of drug-likeness (QED) is 0.197. The van der Waals surface area contributed by atoms with E-state index in [-0.39, 0.29) is 5.76 Å². The van der Waals surface area contributed by atoms with Crippen molar-refractivity contribution < 1.29 is 18.3 Å². The van der Waals surface area contributed by atoms with Crippen molar-refractivity contribution in [3.8, 4) is 10.6 Å². The highest BCUT2D eigenvalue weighted by atomic mass is 32.2. The maximum atomic E-state index is 12.8. The Labute approximate surface area is 207 Å². The number of thioether (sulfide) groups is 1. The molecule has 0 saturated carbocycles. The zero-order valence-electron chi connectivity index (χ0n) is 20.0. The molecule has 34 heavy (non-hydrogen) atoms. The topological polar surface area (TPSA) is 45.5 Å². The lowest BCUT2D eigenvalue weighted by Gasteiger charge is -2.09. The predicted molar refractivity (Wildman–Crippen MR) is 139 cm³/mol. The number of halogens is 3. The Morgan fingerprint density at radius 1 is 1.12 bits per heavy atom. The molecular weight excluding hydrogens is 477 g/mol. The minimum absolute atomic E-state index is 0.0742. The van der Waals surface area contributed by atoms with Crippen LogP contribution in [0, 0.1) is 13.8 Å². The molecule has 1 N–H and O–H groups in total. The summed E-state index contributed by atoms with van der Waals surface area (Å²) in [7, 11) is 0. The van der Waals surface area contributed by atoms with Crippen LogP contribution in [0.3, 0.4) is 0 Å². The largest absolute Gasteiger partial charge is 0.513 e. The highest BCUT2D eigenvalue weighted by Crippen LogP contribution is 2.38. The second kappa shape index (κ2) is 12.2. The van der Waals surface area contributed by atoms with Gasteiger partial charge < -0.3 is 5.11 Å². The molecule has 0 unspecified atom stereocenters. The first-order chi connectivity index (χ1) is 16.0. The van der Waals surface area contributed by atoms with Gasteiger partial charge >= 0.3 is 6.18 Å². The van der Waals surface area contributed by atoms with E-state index in [1.54, 1.807) is 11.8 Å². The van der Waals surface area contributed by atoms with E-state index in [0.717, 1.165) is 44.6 Å². The zero-order chi connectivity index (χ0) is 25.5. The summed E-state index contributed by atoms with van der Waals surface area (Å²) in [4.78, 5) is 11.3. The first-order valence-corrected chi connectivity index (χ1v) is 12.6. The van der Waals surface area contributed by atoms with Crippen molar-refractivity contribution in [3.63, 3.8) is 0 Å². The lowest BCUT2D eigenvalue weighted by Crippen LogP contribution is -2.03. The molecule has 3 nitrogen and oxygen atoms in total. The number of aliphatic hydroxyl groups excluding tert-OH is 1. The first kappa shape index (κ1) is 27.7. The molecule has 2 aromatic carbocycles. The molecule has 0 saturated heterocycles. The summed E-state index contributed by atoms with van der Waals surface area (Å²) in [5.74, 6) is 0.743. The highest BCUT2D eigenvalue weighted by Gasteiger charge is 2.30. The summed E-state index contributed by atoms with van der Waals surface area (Å²) in [6.07, 6.45) is -4.03. The van der Waals surface area contributed by atoms with Crippen LogP contribution in [-0.4, -0.2) is 15.8 Å². The minimum atomic E-state index is -4.35. The van der Waals surface area contributed by atoms with Gasteiger partial charge in [0.2, 0.25) is 0 Å². The van der Waals surface area contributed by atoms with Crippen molar-refractivity contribution in [3.05, 3.63) is 76.5 Å². The molecule has 0 fully saturated rings. The number of para-hydroxylation sites is 1. The molecule has 1 heterocycles. The predicted octanol–water partition coefficient (Wildman–Crippen LogP) is 9.32. The summed E-state index contributed by atoms with van der Waals surface area (Å²) in [5.41, 5.74) is 3.53. The maximum absolute atomic E-state index is 12.8. The van der Waals surface area contributed by atoms with Gasteiger partial charge in [-0.1, -0.05) is 44.7 Å². The Kier molecular flexibility index (Phi) is 9.94. The molecule has 3 aromatic rings. The van der Waals surface area contributed by atoms with E-state index in [4.69, 9.17) is 0 Å². The SMILES string of the molecule is C=C(O)CC(C)=Nc1c(C)cccc1SCc1sc(-c2ccc(C(F)(F)F)cc2)nc1C.CC. The van der Waals surface area contributed by atoms with Crippen molar-refractivity contribution >= 4 is 34.5 Å². The van der Waals surface area contributed by atoms with Gasteiger partial charge in [0, 0.05) is 33.2 Å². The van der Waals surface area contributed by atoms with E-state index in [1.165, 1.54) is 23.5 Å². The number of benzene rings is 2. The number of aryl methyl sites for hydroxylation is 2. The van der Waals surface area contributed by atoms with Gasteiger partial charge in [0.05, 0.1) is 22.7 Å². The number of aromatic nitrogens is 1. The molecule has 0 aliphatic heterocycles. The van der Waals surface area contributed by atoms with Crippen LogP contribution in [-0.2, 0) is 11.9 Å². The summed E-state index contributed by atoms with van der Waals surface area (Å²) < 4.78 is 38.4. The molecule has 0 bridgehead atoms. The third-order valence-corrected chi connectivity index (χ3v) is 7.14. The van der Waals surface area contributed by atoms with Gasteiger partial charge in [-0.3, -0.25) is 4.99 Å². The number of hydrogen-bond acceptors (Lipinski definition) is 5. The Hall–Kier alpha value is -2.58. The molecule has 3 rings (SSSR count). The second-order valence-electron chi connectivity index (χ2n) is 7.40. The molecule has 0 radical (unpaired) electrons. The number of thiazole rings is 1. The van der Waals surface area contributed by atoms with Crippen molar-refractivity contribution in [2.24, 2.45) is 4.99 Å². The zero-order valence-corrected chi connectivity index (χ0v) is 21.6. The molecule has 0 aliphatic carbocycles. The van der Waals surface area contributed by atoms with Crippen LogP contribution < -0.4 is 0 Å². The molecule has 0 atom stereocenters. The average molecular weight is 507 g/mol. The van der Waals surface area contributed by atoms with Gasteiger partial charge in [-0.15, -0.1) is 23.1 Å². The van der Waals surface area contributed by atoms with Crippen molar-refractivity contribution in [1.82, 2.24) is 4.98 Å². The van der Waals surface area contributed by atoms with Gasteiger partial charge in [-0.2, -0.15) is 13.2 Å². The van der Waals surface area contributed by atoms with E-state index < -0.39 is 11.7 Å². The lowest BCUT2D eigenvalue weighted by atomic mass is 10.1. The fraction of sp³-hybridized carbons (Fsp3) is 0.308. The van der Waals surface area contributed by atoms with Crippen molar-refractivity contribution in [2.75, 3.05) is 0 Å². The van der Waals surface area contributed by atoms with Gasteiger partial charge in [0.1, 0.15) is 5.01 Å². The minimum Gasteiger partial charge on any atom is -0.513 e. The number of aliphatic hydroxyl groups is 1.